The summed E-state index contributed by atoms with van der Waals surface area (Å²) in [4.78, 5) is 12.5. The number of halogens is 1. The zero-order valence-electron chi connectivity index (χ0n) is 12.8. The van der Waals surface area contributed by atoms with Gasteiger partial charge in [0.15, 0.2) is 0 Å². The Labute approximate surface area is 143 Å². The second-order valence-electron chi connectivity index (χ2n) is 5.83. The van der Waals surface area contributed by atoms with Gasteiger partial charge in [0, 0.05) is 33.4 Å². The van der Waals surface area contributed by atoms with Crippen LogP contribution in [0, 0.1) is 0 Å². The Morgan fingerprint density at radius 2 is 2.13 bits per heavy atom. The average Bonchev–Trinajstić information content (AvgIpc) is 2.89. The molecule has 0 heterocycles. The maximum atomic E-state index is 12.5. The Balaban J connectivity index is 1.75. The van der Waals surface area contributed by atoms with Crippen molar-refractivity contribution in [1.82, 2.24) is 5.32 Å². The lowest BCUT2D eigenvalue weighted by Gasteiger charge is -2.14. The highest BCUT2D eigenvalue weighted by Crippen LogP contribution is 2.33. The highest BCUT2D eigenvalue weighted by molar-refractivity contribution is 7.83. The second-order valence-corrected chi connectivity index (χ2v) is 7.70. The Bertz CT molecular complexity index is 775. The van der Waals surface area contributed by atoms with Gasteiger partial charge >= 0.3 is 0 Å². The van der Waals surface area contributed by atoms with Crippen LogP contribution < -0.4 is 5.32 Å². The van der Waals surface area contributed by atoms with Crippen LogP contribution in [0.15, 0.2) is 42.5 Å². The monoisotopic (exact) mass is 347 g/mol. The summed E-state index contributed by atoms with van der Waals surface area (Å²) in [7, 11) is -0.918. The fourth-order valence-electron chi connectivity index (χ4n) is 3.01. The van der Waals surface area contributed by atoms with Crippen molar-refractivity contribution in [2.75, 3.05) is 6.26 Å². The summed E-state index contributed by atoms with van der Waals surface area (Å²) in [6.07, 6.45) is 3.48. The molecular weight excluding hydrogens is 330 g/mol. The summed E-state index contributed by atoms with van der Waals surface area (Å²) in [6.45, 7) is 0. The number of hydrogen-bond acceptors (Lipinski definition) is 2. The van der Waals surface area contributed by atoms with E-state index in [4.69, 9.17) is 11.6 Å². The lowest BCUT2D eigenvalue weighted by Crippen LogP contribution is -2.27. The van der Waals surface area contributed by atoms with E-state index in [2.05, 4.69) is 5.32 Å². The van der Waals surface area contributed by atoms with Gasteiger partial charge in [-0.05, 0) is 53.8 Å². The van der Waals surface area contributed by atoms with E-state index in [-0.39, 0.29) is 11.9 Å². The lowest BCUT2D eigenvalue weighted by atomic mass is 10.1. The number of carbonyl (C=O) groups is 1. The van der Waals surface area contributed by atoms with Gasteiger partial charge in [0.2, 0.25) is 0 Å². The van der Waals surface area contributed by atoms with Crippen molar-refractivity contribution >= 4 is 28.3 Å². The van der Waals surface area contributed by atoms with Gasteiger partial charge in [-0.25, -0.2) is 0 Å². The van der Waals surface area contributed by atoms with Gasteiger partial charge in [0.1, 0.15) is 0 Å². The molecule has 1 amide bonds. The minimum Gasteiger partial charge on any atom is -0.345 e. The number of rotatable bonds is 4. The third kappa shape index (κ3) is 3.82. The second kappa shape index (κ2) is 6.85. The molecule has 0 fully saturated rings. The highest BCUT2D eigenvalue weighted by atomic mass is 35.5. The Morgan fingerprint density at radius 3 is 2.91 bits per heavy atom. The number of amides is 1. The summed E-state index contributed by atoms with van der Waals surface area (Å²) in [5.74, 6) is 0.368. The zero-order valence-corrected chi connectivity index (χ0v) is 14.4. The summed E-state index contributed by atoms with van der Waals surface area (Å²) < 4.78 is 11.3. The summed E-state index contributed by atoms with van der Waals surface area (Å²) in [5, 5.41) is 3.83. The van der Waals surface area contributed by atoms with Crippen LogP contribution in [0.4, 0.5) is 0 Å². The van der Waals surface area contributed by atoms with Crippen molar-refractivity contribution in [3.63, 3.8) is 0 Å². The molecule has 0 unspecified atom stereocenters. The molecule has 0 bridgehead atoms. The first-order valence-electron chi connectivity index (χ1n) is 7.51. The molecule has 2 aromatic carbocycles. The largest absolute Gasteiger partial charge is 0.345 e. The number of aryl methyl sites for hydroxylation is 1. The molecule has 23 heavy (non-hydrogen) atoms. The Hall–Kier alpha value is -1.65. The first-order chi connectivity index (χ1) is 11.0. The van der Waals surface area contributed by atoms with E-state index in [9.17, 15) is 9.00 Å². The van der Waals surface area contributed by atoms with Crippen LogP contribution in [0.2, 0.25) is 5.02 Å². The molecule has 5 heteroatoms. The molecule has 0 saturated carbocycles. The molecule has 1 aliphatic rings. The van der Waals surface area contributed by atoms with E-state index in [0.29, 0.717) is 11.3 Å². The molecule has 1 aliphatic carbocycles. The van der Waals surface area contributed by atoms with Crippen molar-refractivity contribution < 1.29 is 9.00 Å². The Kier molecular flexibility index (Phi) is 4.83. The van der Waals surface area contributed by atoms with Crippen molar-refractivity contribution in [1.29, 1.82) is 0 Å². The summed E-state index contributed by atoms with van der Waals surface area (Å²) >= 11 is 6.02. The van der Waals surface area contributed by atoms with E-state index in [1.165, 1.54) is 5.56 Å². The standard InChI is InChI=1S/C18H18ClNO2S/c1-23(22)11-12-3-2-4-14(9-12)18(21)20-17-8-5-13-10-15(19)6-7-16(13)17/h2-4,6-7,9-10,17H,5,8,11H2,1H3,(H,20,21)/t17-,23-/m0/s1. The third-order valence-corrected chi connectivity index (χ3v) is 5.02. The first-order valence-corrected chi connectivity index (χ1v) is 9.61. The minimum absolute atomic E-state index is 0.0266. The fourth-order valence-corrected chi connectivity index (χ4v) is 3.86. The first kappa shape index (κ1) is 16.2. The van der Waals surface area contributed by atoms with Gasteiger partial charge in [-0.1, -0.05) is 29.8 Å². The van der Waals surface area contributed by atoms with Crippen LogP contribution in [-0.2, 0) is 23.0 Å². The van der Waals surface area contributed by atoms with Gasteiger partial charge in [-0.2, -0.15) is 0 Å². The van der Waals surface area contributed by atoms with Crippen molar-refractivity contribution in [2.45, 2.75) is 24.6 Å². The maximum Gasteiger partial charge on any atom is 0.251 e. The molecular formula is C18H18ClNO2S. The molecule has 1 N–H and O–H groups in total. The average molecular weight is 348 g/mol. The van der Waals surface area contributed by atoms with E-state index >= 15 is 0 Å². The van der Waals surface area contributed by atoms with E-state index in [0.717, 1.165) is 29.0 Å². The third-order valence-electron chi connectivity index (χ3n) is 4.05. The topological polar surface area (TPSA) is 46.2 Å². The molecule has 2 atom stereocenters. The minimum atomic E-state index is -0.918. The molecule has 0 radical (unpaired) electrons. The van der Waals surface area contributed by atoms with Crippen molar-refractivity contribution in [2.24, 2.45) is 0 Å². The Morgan fingerprint density at radius 1 is 1.30 bits per heavy atom. The molecule has 2 aromatic rings. The van der Waals surface area contributed by atoms with Crippen LogP contribution in [0.25, 0.3) is 0 Å². The zero-order chi connectivity index (χ0) is 16.4. The normalized spacial score (nSPS) is 17.6. The lowest BCUT2D eigenvalue weighted by molar-refractivity contribution is 0.0936. The summed E-state index contributed by atoms with van der Waals surface area (Å²) in [6, 6.07) is 13.2. The molecule has 3 nitrogen and oxygen atoms in total. The van der Waals surface area contributed by atoms with Gasteiger partial charge in [0.25, 0.3) is 5.91 Å². The molecule has 0 spiro atoms. The smallest absolute Gasteiger partial charge is 0.251 e. The maximum absolute atomic E-state index is 12.5. The fraction of sp³-hybridized carbons (Fsp3) is 0.278. The van der Waals surface area contributed by atoms with E-state index < -0.39 is 10.8 Å². The van der Waals surface area contributed by atoms with Crippen LogP contribution >= 0.6 is 11.6 Å². The van der Waals surface area contributed by atoms with Crippen LogP contribution in [0.1, 0.15) is 39.5 Å². The number of nitrogens with one attached hydrogen (secondary N) is 1. The number of fused-ring (bicyclic) bond motifs is 1. The van der Waals surface area contributed by atoms with E-state index in [1.807, 2.05) is 36.4 Å². The predicted octanol–water partition coefficient (Wildman–Crippen LogP) is 3.64. The summed E-state index contributed by atoms with van der Waals surface area (Å²) in [5.41, 5.74) is 3.87. The molecule has 3 rings (SSSR count). The predicted molar refractivity (Wildman–Crippen MR) is 94.2 cm³/mol. The molecule has 0 aromatic heterocycles. The van der Waals surface area contributed by atoms with Crippen LogP contribution in [0.5, 0.6) is 0 Å². The SMILES string of the molecule is C[S@](=O)Cc1cccc(C(=O)N[C@H]2CCc3cc(Cl)ccc32)c1. The van der Waals surface area contributed by atoms with Gasteiger partial charge in [-0.15, -0.1) is 0 Å². The highest BCUT2D eigenvalue weighted by Gasteiger charge is 2.24. The van der Waals surface area contributed by atoms with Gasteiger partial charge in [0.05, 0.1) is 6.04 Å². The van der Waals surface area contributed by atoms with Crippen LogP contribution in [0.3, 0.4) is 0 Å². The number of hydrogen-bond donors (Lipinski definition) is 1. The number of carbonyl (C=O) groups excluding carboxylic acids is 1. The van der Waals surface area contributed by atoms with Crippen molar-refractivity contribution in [3.05, 3.63) is 69.7 Å². The number of benzene rings is 2. The van der Waals surface area contributed by atoms with Crippen molar-refractivity contribution in [3.8, 4) is 0 Å². The van der Waals surface area contributed by atoms with Gasteiger partial charge in [-0.3, -0.25) is 9.00 Å². The van der Waals surface area contributed by atoms with Crippen LogP contribution in [-0.4, -0.2) is 16.4 Å². The molecule has 0 saturated heterocycles. The van der Waals surface area contributed by atoms with Gasteiger partial charge < -0.3 is 5.32 Å². The quantitative estimate of drug-likeness (QED) is 0.917. The van der Waals surface area contributed by atoms with E-state index in [1.54, 1.807) is 12.3 Å². The molecule has 0 aliphatic heterocycles. The molecule has 120 valence electrons.